The maximum atomic E-state index is 12.9. The van der Waals surface area contributed by atoms with Gasteiger partial charge in [0, 0.05) is 26.2 Å². The Hall–Kier alpha value is -2.12. The van der Waals surface area contributed by atoms with Crippen molar-refractivity contribution in [3.8, 4) is 0 Å². The van der Waals surface area contributed by atoms with Crippen molar-refractivity contribution < 1.29 is 19.1 Å². The normalized spacial score (nSPS) is 16.8. The van der Waals surface area contributed by atoms with Crippen LogP contribution in [0, 0.1) is 5.92 Å². The summed E-state index contributed by atoms with van der Waals surface area (Å²) in [6, 6.07) is 6.07. The van der Waals surface area contributed by atoms with Crippen molar-refractivity contribution in [3.63, 3.8) is 0 Å². The predicted octanol–water partition coefficient (Wildman–Crippen LogP) is 2.24. The summed E-state index contributed by atoms with van der Waals surface area (Å²) >= 11 is 6.14. The van der Waals surface area contributed by atoms with Gasteiger partial charge in [-0.15, -0.1) is 0 Å². The van der Waals surface area contributed by atoms with Gasteiger partial charge in [-0.1, -0.05) is 30.7 Å². The number of amides is 3. The van der Waals surface area contributed by atoms with Crippen LogP contribution in [0.1, 0.15) is 43.5 Å². The van der Waals surface area contributed by atoms with Gasteiger partial charge in [0.05, 0.1) is 10.6 Å². The van der Waals surface area contributed by atoms with Gasteiger partial charge in [-0.25, -0.2) is 0 Å². The maximum Gasteiger partial charge on any atom is 0.253 e. The van der Waals surface area contributed by atoms with E-state index >= 15 is 0 Å². The van der Waals surface area contributed by atoms with Crippen LogP contribution in [0.15, 0.2) is 24.3 Å². The van der Waals surface area contributed by atoms with Crippen molar-refractivity contribution in [1.82, 2.24) is 15.5 Å². The van der Waals surface area contributed by atoms with Crippen LogP contribution in [0.2, 0.25) is 5.02 Å². The molecule has 0 spiro atoms. The molecule has 1 aromatic carbocycles. The second kappa shape index (κ2) is 11.2. The van der Waals surface area contributed by atoms with E-state index in [1.807, 2.05) is 13.8 Å². The molecular weight excluding hydrogens is 394 g/mol. The van der Waals surface area contributed by atoms with Crippen molar-refractivity contribution in [1.29, 1.82) is 0 Å². The van der Waals surface area contributed by atoms with E-state index in [1.54, 1.807) is 29.2 Å². The number of hydrogen-bond donors (Lipinski definition) is 2. The number of halogens is 1. The highest BCUT2D eigenvalue weighted by molar-refractivity contribution is 6.33. The van der Waals surface area contributed by atoms with Crippen LogP contribution in [0.5, 0.6) is 0 Å². The molecule has 1 aromatic rings. The van der Waals surface area contributed by atoms with Crippen molar-refractivity contribution in [2.45, 2.75) is 45.2 Å². The molecule has 2 rings (SSSR count). The molecule has 1 aliphatic heterocycles. The zero-order valence-corrected chi connectivity index (χ0v) is 18.0. The fraction of sp³-hybridized carbons (Fsp3) is 0.571. The van der Waals surface area contributed by atoms with E-state index in [4.69, 9.17) is 16.3 Å². The van der Waals surface area contributed by atoms with Gasteiger partial charge in [0.25, 0.3) is 5.91 Å². The third kappa shape index (κ3) is 6.44. The number of hydrogen-bond acceptors (Lipinski definition) is 4. The Balaban J connectivity index is 2.11. The highest BCUT2D eigenvalue weighted by atomic mass is 35.5. The Labute approximate surface area is 177 Å². The molecule has 8 heteroatoms. The molecule has 0 saturated carbocycles. The lowest BCUT2D eigenvalue weighted by Crippen LogP contribution is -2.55. The van der Waals surface area contributed by atoms with Crippen molar-refractivity contribution in [3.05, 3.63) is 34.9 Å². The summed E-state index contributed by atoms with van der Waals surface area (Å²) in [6.45, 7) is 5.02. The Morgan fingerprint density at radius 3 is 2.45 bits per heavy atom. The number of ether oxygens (including phenoxy) is 1. The Kier molecular flexibility index (Phi) is 8.92. The van der Waals surface area contributed by atoms with E-state index in [9.17, 15) is 14.4 Å². The minimum Gasteiger partial charge on any atom is -0.375 e. The monoisotopic (exact) mass is 423 g/mol. The van der Waals surface area contributed by atoms with Gasteiger partial charge in [0.2, 0.25) is 11.8 Å². The number of nitrogens with zero attached hydrogens (tertiary/aromatic N) is 1. The van der Waals surface area contributed by atoms with Crippen LogP contribution in [0.3, 0.4) is 0 Å². The molecule has 0 aliphatic carbocycles. The molecule has 0 bridgehead atoms. The molecule has 0 aromatic heterocycles. The number of rotatable bonds is 8. The van der Waals surface area contributed by atoms with E-state index in [-0.39, 0.29) is 36.3 Å². The maximum absolute atomic E-state index is 12.9. The first kappa shape index (κ1) is 23.2. The van der Waals surface area contributed by atoms with E-state index in [1.165, 1.54) is 7.11 Å². The predicted molar refractivity (Wildman–Crippen MR) is 112 cm³/mol. The molecule has 1 heterocycles. The van der Waals surface area contributed by atoms with Crippen LogP contribution in [0.25, 0.3) is 0 Å². The summed E-state index contributed by atoms with van der Waals surface area (Å²) in [6.07, 6.45) is 2.04. The molecule has 1 saturated heterocycles. The van der Waals surface area contributed by atoms with Crippen LogP contribution in [-0.4, -0.2) is 61.5 Å². The molecule has 1 aliphatic rings. The van der Waals surface area contributed by atoms with Gasteiger partial charge in [-0.3, -0.25) is 14.4 Å². The second-order valence-electron chi connectivity index (χ2n) is 7.40. The molecule has 0 radical (unpaired) electrons. The highest BCUT2D eigenvalue weighted by Crippen LogP contribution is 2.23. The highest BCUT2D eigenvalue weighted by Gasteiger charge is 2.34. The summed E-state index contributed by atoms with van der Waals surface area (Å²) in [4.78, 5) is 39.5. The molecule has 2 atom stereocenters. The third-order valence-corrected chi connectivity index (χ3v) is 5.65. The van der Waals surface area contributed by atoms with Crippen molar-refractivity contribution >= 4 is 29.3 Å². The topological polar surface area (TPSA) is 87.7 Å². The Bertz CT molecular complexity index is 720. The van der Waals surface area contributed by atoms with Crippen LogP contribution < -0.4 is 10.6 Å². The van der Waals surface area contributed by atoms with Gasteiger partial charge in [0.15, 0.2) is 0 Å². The smallest absolute Gasteiger partial charge is 0.253 e. The first-order valence-corrected chi connectivity index (χ1v) is 10.4. The molecule has 160 valence electrons. The van der Waals surface area contributed by atoms with E-state index in [0.717, 1.165) is 6.42 Å². The minimum atomic E-state index is -0.688. The van der Waals surface area contributed by atoms with E-state index in [0.29, 0.717) is 36.5 Å². The summed E-state index contributed by atoms with van der Waals surface area (Å²) in [5.74, 6) is -0.719. The second-order valence-corrected chi connectivity index (χ2v) is 7.81. The van der Waals surface area contributed by atoms with Crippen molar-refractivity contribution in [2.75, 3.05) is 26.8 Å². The summed E-state index contributed by atoms with van der Waals surface area (Å²) in [5, 5.41) is 6.18. The number of piperidine rings is 1. The van der Waals surface area contributed by atoms with Gasteiger partial charge < -0.3 is 20.3 Å². The number of methoxy groups -OCH3 is 1. The summed E-state index contributed by atoms with van der Waals surface area (Å²) in [7, 11) is 1.49. The van der Waals surface area contributed by atoms with Gasteiger partial charge in [0.1, 0.15) is 12.6 Å². The molecule has 2 N–H and O–H groups in total. The largest absolute Gasteiger partial charge is 0.375 e. The number of benzene rings is 1. The minimum absolute atomic E-state index is 0.00517. The summed E-state index contributed by atoms with van der Waals surface area (Å²) < 4.78 is 4.91. The number of carbonyl (C=O) groups is 3. The number of likely N-dealkylation sites (tertiary alicyclic amines) is 1. The van der Waals surface area contributed by atoms with E-state index in [2.05, 4.69) is 10.6 Å². The summed E-state index contributed by atoms with van der Waals surface area (Å²) in [5.41, 5.74) is 0.336. The van der Waals surface area contributed by atoms with Crippen molar-refractivity contribution in [2.24, 2.45) is 5.92 Å². The first-order chi connectivity index (χ1) is 13.9. The first-order valence-electron chi connectivity index (χ1n) is 9.99. The van der Waals surface area contributed by atoms with Gasteiger partial charge in [-0.2, -0.15) is 0 Å². The molecule has 7 nitrogen and oxygen atoms in total. The van der Waals surface area contributed by atoms with Crippen LogP contribution in [-0.2, 0) is 14.3 Å². The zero-order chi connectivity index (χ0) is 21.4. The zero-order valence-electron chi connectivity index (χ0n) is 17.2. The number of nitrogens with one attached hydrogen (secondary N) is 2. The Morgan fingerprint density at radius 2 is 1.86 bits per heavy atom. The van der Waals surface area contributed by atoms with Crippen LogP contribution >= 0.6 is 11.6 Å². The Morgan fingerprint density at radius 1 is 1.21 bits per heavy atom. The van der Waals surface area contributed by atoms with Crippen LogP contribution in [0.4, 0.5) is 0 Å². The molecule has 1 fully saturated rings. The average molecular weight is 424 g/mol. The van der Waals surface area contributed by atoms with Gasteiger partial charge >= 0.3 is 0 Å². The fourth-order valence-electron chi connectivity index (χ4n) is 3.39. The standard InChI is InChI=1S/C21H30ClN3O4/c1-4-14(2)23-21(28)19(24-20(27)16-7-5-6-8-17(16)22)15-9-11-25(12-10-15)18(26)13-29-3/h5-8,14-15,19H,4,9-13H2,1-3H3,(H,23,28)(H,24,27). The molecule has 2 unspecified atom stereocenters. The lowest BCUT2D eigenvalue weighted by molar-refractivity contribution is -0.136. The molecular formula is C21H30ClN3O4. The molecule has 3 amide bonds. The SMILES string of the molecule is CCC(C)NC(=O)C(NC(=O)c1ccccc1Cl)C1CCN(C(=O)COC)CC1. The van der Waals surface area contributed by atoms with E-state index < -0.39 is 6.04 Å². The third-order valence-electron chi connectivity index (χ3n) is 5.32. The molecule has 29 heavy (non-hydrogen) atoms. The van der Waals surface area contributed by atoms with Gasteiger partial charge in [-0.05, 0) is 44.2 Å². The number of carbonyl (C=O) groups excluding carboxylic acids is 3. The average Bonchev–Trinajstić information content (AvgIpc) is 2.72. The fourth-order valence-corrected chi connectivity index (χ4v) is 3.62. The lowest BCUT2D eigenvalue weighted by Gasteiger charge is -2.36. The lowest BCUT2D eigenvalue weighted by atomic mass is 9.88. The quantitative estimate of drug-likeness (QED) is 0.671.